The van der Waals surface area contributed by atoms with E-state index < -0.39 is 5.25 Å². The molecule has 0 spiro atoms. The number of anilines is 1. The van der Waals surface area contributed by atoms with Crippen LogP contribution in [0.4, 0.5) is 11.4 Å². The van der Waals surface area contributed by atoms with Crippen LogP contribution < -0.4 is 5.32 Å². The van der Waals surface area contributed by atoms with Gasteiger partial charge in [0.05, 0.1) is 11.4 Å². The largest absolute Gasteiger partial charge is 0.325 e. The van der Waals surface area contributed by atoms with Gasteiger partial charge in [-0.3, -0.25) is 14.5 Å². The molecule has 5 nitrogen and oxygen atoms in total. The smallest absolute Gasteiger partial charge is 0.242 e. The van der Waals surface area contributed by atoms with E-state index in [4.69, 9.17) is 4.99 Å². The molecule has 1 saturated heterocycles. The molecule has 1 N–H and O–H groups in total. The number of aliphatic imine (C=N–C) groups is 1. The van der Waals surface area contributed by atoms with Crippen molar-refractivity contribution in [3.05, 3.63) is 58.1 Å². The third-order valence-corrected chi connectivity index (χ3v) is 6.67. The molecule has 1 aliphatic carbocycles. The molecule has 7 heteroatoms. The Balaban J connectivity index is 1.52. The van der Waals surface area contributed by atoms with Crippen LogP contribution in [0.3, 0.4) is 0 Å². The minimum absolute atomic E-state index is 0.0112. The molecule has 2 amide bonds. The fourth-order valence-electron chi connectivity index (χ4n) is 3.42. The number of benzene rings is 2. The molecule has 0 aromatic heterocycles. The average molecular weight is 472 g/mol. The summed E-state index contributed by atoms with van der Waals surface area (Å²) in [7, 11) is 0. The molecule has 0 bridgehead atoms. The molecule has 1 saturated carbocycles. The lowest BCUT2D eigenvalue weighted by Gasteiger charge is -2.15. The second-order valence-electron chi connectivity index (χ2n) is 7.52. The number of carbonyl (C=O) groups is 2. The van der Waals surface area contributed by atoms with Crippen LogP contribution in [0, 0.1) is 13.8 Å². The number of thioether (sulfide) groups is 1. The van der Waals surface area contributed by atoms with E-state index in [1.165, 1.54) is 11.8 Å². The Hall–Kier alpha value is -2.12. The van der Waals surface area contributed by atoms with Gasteiger partial charge in [-0.15, -0.1) is 0 Å². The standard InChI is InChI=1S/C22H22BrN3O2S/c1-13-9-14(2)11-15(10-13)24-22-26(16-7-8-16)21(28)19(29-22)12-20(27)25-18-6-4-3-5-17(18)23/h3-6,9-11,16,19H,7-8,12H2,1-2H3,(H,25,27). The van der Waals surface area contributed by atoms with Crippen LogP contribution in [-0.2, 0) is 9.59 Å². The number of nitrogens with zero attached hydrogens (tertiary/aromatic N) is 2. The van der Waals surface area contributed by atoms with Crippen LogP contribution in [0.2, 0.25) is 0 Å². The molecular formula is C22H22BrN3O2S. The lowest BCUT2D eigenvalue weighted by atomic mass is 10.1. The Kier molecular flexibility index (Phi) is 5.79. The number of hydrogen-bond acceptors (Lipinski definition) is 4. The third kappa shape index (κ3) is 4.73. The van der Waals surface area contributed by atoms with Crippen molar-refractivity contribution in [3.8, 4) is 0 Å². The lowest BCUT2D eigenvalue weighted by Crippen LogP contribution is -2.35. The zero-order chi connectivity index (χ0) is 20.5. The topological polar surface area (TPSA) is 61.8 Å². The van der Waals surface area contributed by atoms with Crippen LogP contribution in [0.5, 0.6) is 0 Å². The number of carbonyl (C=O) groups excluding carboxylic acids is 2. The van der Waals surface area contributed by atoms with Gasteiger partial charge < -0.3 is 5.32 Å². The Morgan fingerprint density at radius 3 is 2.55 bits per heavy atom. The molecule has 1 atom stereocenters. The molecule has 2 aromatic carbocycles. The van der Waals surface area contributed by atoms with Crippen molar-refractivity contribution < 1.29 is 9.59 Å². The van der Waals surface area contributed by atoms with E-state index in [9.17, 15) is 9.59 Å². The minimum Gasteiger partial charge on any atom is -0.325 e. The Morgan fingerprint density at radius 2 is 1.90 bits per heavy atom. The molecular weight excluding hydrogens is 450 g/mol. The number of amidine groups is 1. The van der Waals surface area contributed by atoms with E-state index in [1.807, 2.05) is 50.2 Å². The van der Waals surface area contributed by atoms with Gasteiger partial charge in [-0.2, -0.15) is 0 Å². The van der Waals surface area contributed by atoms with Crippen LogP contribution in [0.1, 0.15) is 30.4 Å². The quantitative estimate of drug-likeness (QED) is 0.652. The third-order valence-electron chi connectivity index (χ3n) is 4.83. The minimum atomic E-state index is -0.442. The molecule has 2 aliphatic rings. The molecule has 1 aliphatic heterocycles. The summed E-state index contributed by atoms with van der Waals surface area (Å²) in [6, 6.07) is 13.8. The summed E-state index contributed by atoms with van der Waals surface area (Å²) in [6.07, 6.45) is 2.11. The SMILES string of the molecule is Cc1cc(C)cc(N=C2SC(CC(=O)Nc3ccccc3Br)C(=O)N2C2CC2)c1. The molecule has 0 radical (unpaired) electrons. The second kappa shape index (κ2) is 8.32. The van der Waals surface area contributed by atoms with Gasteiger partial charge in [0.15, 0.2) is 5.17 Å². The normalized spacial score (nSPS) is 20.4. The van der Waals surface area contributed by atoms with Gasteiger partial charge in [0.25, 0.3) is 0 Å². The van der Waals surface area contributed by atoms with E-state index in [2.05, 4.69) is 27.3 Å². The highest BCUT2D eigenvalue weighted by atomic mass is 79.9. The first kappa shape index (κ1) is 20.2. The monoisotopic (exact) mass is 471 g/mol. The van der Waals surface area contributed by atoms with Crippen molar-refractivity contribution in [1.82, 2.24) is 4.90 Å². The number of nitrogens with one attached hydrogen (secondary N) is 1. The Labute approximate surface area is 183 Å². The fourth-order valence-corrected chi connectivity index (χ4v) is 5.02. The van der Waals surface area contributed by atoms with Crippen molar-refractivity contribution in [3.63, 3.8) is 0 Å². The van der Waals surface area contributed by atoms with Crippen LogP contribution in [0.15, 0.2) is 51.9 Å². The van der Waals surface area contributed by atoms with Gasteiger partial charge in [-0.1, -0.05) is 30.0 Å². The first-order valence-electron chi connectivity index (χ1n) is 9.62. The summed E-state index contributed by atoms with van der Waals surface area (Å²) < 4.78 is 0.815. The number of para-hydroxylation sites is 1. The predicted octanol–water partition coefficient (Wildman–Crippen LogP) is 5.19. The molecule has 1 unspecified atom stereocenters. The molecule has 1 heterocycles. The maximum Gasteiger partial charge on any atom is 0.242 e. The number of aryl methyl sites for hydroxylation is 2. The fraction of sp³-hybridized carbons (Fsp3) is 0.318. The average Bonchev–Trinajstić information content (AvgIpc) is 3.42. The van der Waals surface area contributed by atoms with Crippen molar-refractivity contribution >= 4 is 56.0 Å². The number of hydrogen-bond donors (Lipinski definition) is 1. The van der Waals surface area contributed by atoms with Crippen LogP contribution >= 0.6 is 27.7 Å². The van der Waals surface area contributed by atoms with Crippen LogP contribution in [0.25, 0.3) is 0 Å². The highest BCUT2D eigenvalue weighted by Crippen LogP contribution is 2.39. The Bertz CT molecular complexity index is 983. The van der Waals surface area contributed by atoms with Crippen molar-refractivity contribution in [2.75, 3.05) is 5.32 Å². The summed E-state index contributed by atoms with van der Waals surface area (Å²) in [4.78, 5) is 32.1. The van der Waals surface area contributed by atoms with Gasteiger partial charge in [-0.25, -0.2) is 4.99 Å². The zero-order valence-corrected chi connectivity index (χ0v) is 18.7. The van der Waals surface area contributed by atoms with E-state index in [0.29, 0.717) is 10.9 Å². The van der Waals surface area contributed by atoms with Crippen molar-refractivity contribution in [2.45, 2.75) is 44.4 Å². The maximum atomic E-state index is 13.0. The number of rotatable bonds is 5. The molecule has 2 fully saturated rings. The summed E-state index contributed by atoms with van der Waals surface area (Å²) in [5.74, 6) is -0.186. The first-order chi connectivity index (χ1) is 13.9. The summed E-state index contributed by atoms with van der Waals surface area (Å²) in [5, 5.41) is 3.15. The predicted molar refractivity (Wildman–Crippen MR) is 122 cm³/mol. The van der Waals surface area contributed by atoms with Gasteiger partial charge in [0.1, 0.15) is 5.25 Å². The van der Waals surface area contributed by atoms with E-state index in [0.717, 1.165) is 34.1 Å². The lowest BCUT2D eigenvalue weighted by molar-refractivity contribution is -0.128. The van der Waals surface area contributed by atoms with Gasteiger partial charge in [0.2, 0.25) is 11.8 Å². The molecule has 4 rings (SSSR count). The van der Waals surface area contributed by atoms with Gasteiger partial charge in [-0.05, 0) is 78.0 Å². The molecule has 29 heavy (non-hydrogen) atoms. The second-order valence-corrected chi connectivity index (χ2v) is 9.54. The summed E-state index contributed by atoms with van der Waals surface area (Å²) in [5.41, 5.74) is 3.83. The maximum absolute atomic E-state index is 13.0. The summed E-state index contributed by atoms with van der Waals surface area (Å²) in [6.45, 7) is 4.08. The number of halogens is 1. The van der Waals surface area contributed by atoms with Gasteiger partial charge in [0, 0.05) is 16.9 Å². The van der Waals surface area contributed by atoms with Crippen molar-refractivity contribution in [2.24, 2.45) is 4.99 Å². The van der Waals surface area contributed by atoms with E-state index in [-0.39, 0.29) is 24.3 Å². The highest BCUT2D eigenvalue weighted by Gasteiger charge is 2.46. The zero-order valence-electron chi connectivity index (χ0n) is 16.3. The molecule has 150 valence electrons. The first-order valence-corrected chi connectivity index (χ1v) is 11.3. The van der Waals surface area contributed by atoms with Gasteiger partial charge >= 0.3 is 0 Å². The molecule has 2 aromatic rings. The Morgan fingerprint density at radius 1 is 1.21 bits per heavy atom. The summed E-state index contributed by atoms with van der Waals surface area (Å²) >= 11 is 4.83. The van der Waals surface area contributed by atoms with E-state index >= 15 is 0 Å². The highest BCUT2D eigenvalue weighted by molar-refractivity contribution is 9.10. The number of amides is 2. The van der Waals surface area contributed by atoms with E-state index in [1.54, 1.807) is 4.90 Å². The van der Waals surface area contributed by atoms with Crippen LogP contribution in [-0.4, -0.2) is 33.2 Å². The van der Waals surface area contributed by atoms with Crippen molar-refractivity contribution in [1.29, 1.82) is 0 Å².